The second-order valence-electron chi connectivity index (χ2n) is 3.57. The van der Waals surface area contributed by atoms with E-state index in [1.807, 2.05) is 23.9 Å². The van der Waals surface area contributed by atoms with Crippen molar-refractivity contribution in [2.24, 2.45) is 0 Å². The predicted molar refractivity (Wildman–Crippen MR) is 81.7 cm³/mol. The third-order valence-electron chi connectivity index (χ3n) is 2.38. The van der Waals surface area contributed by atoms with Crippen LogP contribution < -0.4 is 4.74 Å². The monoisotopic (exact) mass is 356 g/mol. The molecular formula is C14H13IOS. The van der Waals surface area contributed by atoms with E-state index in [4.69, 9.17) is 4.74 Å². The molecule has 0 bridgehead atoms. The molecule has 0 fully saturated rings. The molecule has 0 aliphatic heterocycles. The van der Waals surface area contributed by atoms with E-state index in [0.717, 1.165) is 11.5 Å². The molecule has 0 aliphatic carbocycles. The summed E-state index contributed by atoms with van der Waals surface area (Å²) in [7, 11) is 1.70. The normalized spacial score (nSPS) is 10.2. The van der Waals surface area contributed by atoms with Gasteiger partial charge in [0.25, 0.3) is 0 Å². The molecule has 0 saturated heterocycles. The Bertz CT molecular complexity index is 485. The molecule has 3 heteroatoms. The Labute approximate surface area is 120 Å². The molecule has 17 heavy (non-hydrogen) atoms. The fourth-order valence-corrected chi connectivity index (χ4v) is 3.18. The molecule has 0 heterocycles. The van der Waals surface area contributed by atoms with Gasteiger partial charge in [-0.05, 0) is 46.4 Å². The summed E-state index contributed by atoms with van der Waals surface area (Å²) < 4.78 is 6.51. The quantitative estimate of drug-likeness (QED) is 0.585. The van der Waals surface area contributed by atoms with Gasteiger partial charge in [0.15, 0.2) is 0 Å². The molecular weight excluding hydrogens is 343 g/mol. The van der Waals surface area contributed by atoms with Crippen LogP contribution in [0.5, 0.6) is 5.75 Å². The molecule has 0 amide bonds. The highest BCUT2D eigenvalue weighted by Crippen LogP contribution is 2.30. The van der Waals surface area contributed by atoms with E-state index >= 15 is 0 Å². The minimum Gasteiger partial charge on any atom is -0.497 e. The molecule has 0 saturated carbocycles. The predicted octanol–water partition coefficient (Wildman–Crippen LogP) is 4.59. The van der Waals surface area contributed by atoms with Crippen molar-refractivity contribution >= 4 is 34.4 Å². The molecule has 1 nitrogen and oxygen atoms in total. The van der Waals surface area contributed by atoms with Crippen LogP contribution in [0.4, 0.5) is 0 Å². The average Bonchev–Trinajstić information content (AvgIpc) is 2.39. The van der Waals surface area contributed by atoms with Crippen LogP contribution >= 0.6 is 34.4 Å². The number of rotatable bonds is 4. The number of ether oxygens (including phenoxy) is 1. The van der Waals surface area contributed by atoms with E-state index < -0.39 is 0 Å². The van der Waals surface area contributed by atoms with Gasteiger partial charge in [0, 0.05) is 14.2 Å². The summed E-state index contributed by atoms with van der Waals surface area (Å²) in [5.41, 5.74) is 1.34. The number of hydrogen-bond acceptors (Lipinski definition) is 2. The van der Waals surface area contributed by atoms with Crippen LogP contribution in [-0.4, -0.2) is 7.11 Å². The highest BCUT2D eigenvalue weighted by molar-refractivity contribution is 14.1. The van der Waals surface area contributed by atoms with Gasteiger partial charge in [0.05, 0.1) is 7.11 Å². The molecule has 0 unspecified atom stereocenters. The molecule has 0 spiro atoms. The van der Waals surface area contributed by atoms with Gasteiger partial charge in [0.1, 0.15) is 5.75 Å². The first-order chi connectivity index (χ1) is 8.29. The number of thioether (sulfide) groups is 1. The van der Waals surface area contributed by atoms with Crippen LogP contribution in [0.3, 0.4) is 0 Å². The van der Waals surface area contributed by atoms with E-state index in [1.54, 1.807) is 7.11 Å². The fraction of sp³-hybridized carbons (Fsp3) is 0.143. The second kappa shape index (κ2) is 6.31. The topological polar surface area (TPSA) is 9.23 Å². The first kappa shape index (κ1) is 12.8. The summed E-state index contributed by atoms with van der Waals surface area (Å²) in [6.07, 6.45) is 0. The third-order valence-corrected chi connectivity index (χ3v) is 4.81. The first-order valence-corrected chi connectivity index (χ1v) is 7.36. The average molecular weight is 356 g/mol. The summed E-state index contributed by atoms with van der Waals surface area (Å²) in [5.74, 6) is 1.91. The molecule has 0 N–H and O–H groups in total. The number of methoxy groups -OCH3 is 1. The maximum absolute atomic E-state index is 5.25. The highest BCUT2D eigenvalue weighted by Gasteiger charge is 2.03. The minimum atomic E-state index is 0.918. The van der Waals surface area contributed by atoms with Gasteiger partial charge in [0.2, 0.25) is 0 Å². The molecule has 0 radical (unpaired) electrons. The van der Waals surface area contributed by atoms with Crippen LogP contribution in [0.25, 0.3) is 0 Å². The molecule has 2 aromatic carbocycles. The molecule has 2 aromatic rings. The van der Waals surface area contributed by atoms with E-state index in [2.05, 4.69) is 59.0 Å². The molecule has 0 aromatic heterocycles. The van der Waals surface area contributed by atoms with Crippen molar-refractivity contribution in [3.63, 3.8) is 0 Å². The van der Waals surface area contributed by atoms with Crippen molar-refractivity contribution in [1.29, 1.82) is 0 Å². The molecule has 0 atom stereocenters. The SMILES string of the molecule is COc1ccc(I)c(SCc2ccccc2)c1. The maximum Gasteiger partial charge on any atom is 0.120 e. The maximum atomic E-state index is 5.25. The second-order valence-corrected chi connectivity index (χ2v) is 5.75. The molecule has 0 aliphatic rings. The molecule has 88 valence electrons. The lowest BCUT2D eigenvalue weighted by Gasteiger charge is -2.07. The summed E-state index contributed by atoms with van der Waals surface area (Å²) in [6.45, 7) is 0. The van der Waals surface area contributed by atoms with E-state index in [0.29, 0.717) is 0 Å². The van der Waals surface area contributed by atoms with Crippen LogP contribution in [0.15, 0.2) is 53.4 Å². The van der Waals surface area contributed by atoms with Crippen LogP contribution in [-0.2, 0) is 5.75 Å². The standard InChI is InChI=1S/C14H13IOS/c1-16-12-7-8-13(15)14(9-12)17-10-11-5-3-2-4-6-11/h2-9H,10H2,1H3. The largest absolute Gasteiger partial charge is 0.497 e. The number of halogens is 1. The van der Waals surface area contributed by atoms with Gasteiger partial charge < -0.3 is 4.74 Å². The van der Waals surface area contributed by atoms with Crippen LogP contribution in [0, 0.1) is 3.57 Å². The zero-order chi connectivity index (χ0) is 12.1. The lowest BCUT2D eigenvalue weighted by atomic mass is 10.2. The van der Waals surface area contributed by atoms with Gasteiger partial charge in [-0.15, -0.1) is 11.8 Å². The summed E-state index contributed by atoms with van der Waals surface area (Å²) in [6, 6.07) is 16.7. The van der Waals surface area contributed by atoms with Gasteiger partial charge >= 0.3 is 0 Å². The van der Waals surface area contributed by atoms with Gasteiger partial charge in [-0.2, -0.15) is 0 Å². The Morgan fingerprint density at radius 3 is 2.59 bits per heavy atom. The highest BCUT2D eigenvalue weighted by atomic mass is 127. The number of benzene rings is 2. The van der Waals surface area contributed by atoms with E-state index in [-0.39, 0.29) is 0 Å². The third kappa shape index (κ3) is 3.64. The lowest BCUT2D eigenvalue weighted by molar-refractivity contribution is 0.413. The van der Waals surface area contributed by atoms with Gasteiger partial charge in [-0.25, -0.2) is 0 Å². The molecule has 2 rings (SSSR count). The van der Waals surface area contributed by atoms with Crippen molar-refractivity contribution in [2.45, 2.75) is 10.6 Å². The van der Waals surface area contributed by atoms with Crippen molar-refractivity contribution in [3.05, 3.63) is 57.7 Å². The minimum absolute atomic E-state index is 0.918. The number of hydrogen-bond donors (Lipinski definition) is 0. The van der Waals surface area contributed by atoms with Crippen LogP contribution in [0.1, 0.15) is 5.56 Å². The van der Waals surface area contributed by atoms with Crippen molar-refractivity contribution < 1.29 is 4.74 Å². The zero-order valence-corrected chi connectivity index (χ0v) is 12.5. The Balaban J connectivity index is 2.08. The first-order valence-electron chi connectivity index (χ1n) is 5.30. The summed E-state index contributed by atoms with van der Waals surface area (Å²) in [4.78, 5) is 1.27. The lowest BCUT2D eigenvalue weighted by Crippen LogP contribution is -1.86. The Kier molecular flexibility index (Phi) is 4.74. The smallest absolute Gasteiger partial charge is 0.120 e. The van der Waals surface area contributed by atoms with Crippen molar-refractivity contribution in [1.82, 2.24) is 0 Å². The Hall–Kier alpha value is -0.680. The summed E-state index contributed by atoms with van der Waals surface area (Å²) >= 11 is 4.20. The Morgan fingerprint density at radius 2 is 1.88 bits per heavy atom. The van der Waals surface area contributed by atoms with E-state index in [9.17, 15) is 0 Å². The van der Waals surface area contributed by atoms with Crippen molar-refractivity contribution in [3.8, 4) is 5.75 Å². The fourth-order valence-electron chi connectivity index (χ4n) is 1.46. The van der Waals surface area contributed by atoms with Crippen LogP contribution in [0.2, 0.25) is 0 Å². The van der Waals surface area contributed by atoms with E-state index in [1.165, 1.54) is 14.0 Å². The Morgan fingerprint density at radius 1 is 1.12 bits per heavy atom. The van der Waals surface area contributed by atoms with Crippen molar-refractivity contribution in [2.75, 3.05) is 7.11 Å². The van der Waals surface area contributed by atoms with Gasteiger partial charge in [-0.3, -0.25) is 0 Å². The zero-order valence-electron chi connectivity index (χ0n) is 9.52. The van der Waals surface area contributed by atoms with Gasteiger partial charge in [-0.1, -0.05) is 30.3 Å². The summed E-state index contributed by atoms with van der Waals surface area (Å²) in [5, 5.41) is 0.